The predicted octanol–water partition coefficient (Wildman–Crippen LogP) is 3.93. The Balaban J connectivity index is 0. The quantitative estimate of drug-likeness (QED) is 0.430. The van der Waals surface area contributed by atoms with Crippen molar-refractivity contribution in [2.45, 2.75) is 37.7 Å². The zero-order chi connectivity index (χ0) is 19.4. The molecule has 0 unspecified atom stereocenters. The molecular weight excluding hydrogens is 435 g/mol. The van der Waals surface area contributed by atoms with Crippen molar-refractivity contribution in [3.63, 3.8) is 0 Å². The normalized spacial score (nSPS) is 10.1. The molecular formula is C18H30Cl2N6S2. The molecule has 0 saturated heterocycles. The Bertz CT molecular complexity index is 585. The smallest absolute Gasteiger partial charge is 0.178 e. The van der Waals surface area contributed by atoms with E-state index in [2.05, 4.69) is 47.5 Å². The van der Waals surface area contributed by atoms with Gasteiger partial charge in [-0.2, -0.15) is 10.5 Å². The summed E-state index contributed by atoms with van der Waals surface area (Å²) in [6.07, 6.45) is 0. The van der Waals surface area contributed by atoms with Gasteiger partial charge in [-0.15, -0.1) is 48.3 Å². The lowest BCUT2D eigenvalue weighted by atomic mass is 10.3. The van der Waals surface area contributed by atoms with Crippen LogP contribution in [0.15, 0.2) is 10.1 Å². The Hall–Kier alpha value is -0.740. The fourth-order valence-electron chi connectivity index (χ4n) is 2.37. The first kappa shape index (κ1) is 29.5. The molecule has 1 heterocycles. The maximum absolute atomic E-state index is 9.23. The molecule has 10 heteroatoms. The minimum atomic E-state index is 0. The predicted molar refractivity (Wildman–Crippen MR) is 123 cm³/mol. The molecule has 6 nitrogen and oxygen atoms in total. The van der Waals surface area contributed by atoms with Gasteiger partial charge in [-0.1, -0.05) is 27.7 Å². The van der Waals surface area contributed by atoms with Gasteiger partial charge in [0.15, 0.2) is 11.4 Å². The van der Waals surface area contributed by atoms with Crippen LogP contribution in [0.1, 0.15) is 39.1 Å². The second kappa shape index (κ2) is 17.1. The van der Waals surface area contributed by atoms with Crippen LogP contribution in [0, 0.1) is 22.7 Å². The van der Waals surface area contributed by atoms with Crippen LogP contribution in [0.2, 0.25) is 0 Å². The molecule has 0 aliphatic heterocycles. The van der Waals surface area contributed by atoms with Crippen LogP contribution in [0.25, 0.3) is 0 Å². The van der Waals surface area contributed by atoms with Gasteiger partial charge in [0.1, 0.15) is 22.2 Å². The first-order valence-electron chi connectivity index (χ1n) is 9.05. The van der Waals surface area contributed by atoms with E-state index in [4.69, 9.17) is 0 Å². The maximum Gasteiger partial charge on any atom is 0.178 e. The van der Waals surface area contributed by atoms with Crippen LogP contribution < -0.4 is 0 Å². The van der Waals surface area contributed by atoms with Crippen LogP contribution in [-0.2, 0) is 0 Å². The molecule has 1 aromatic heterocycles. The average Bonchev–Trinajstić information content (AvgIpc) is 2.68. The van der Waals surface area contributed by atoms with Gasteiger partial charge >= 0.3 is 0 Å². The number of halogens is 2. The van der Waals surface area contributed by atoms with Gasteiger partial charge in [-0.05, 0) is 26.2 Å². The standard InChI is InChI=1S/C18H28N6S2.2ClH/c1-5-23(6-2)9-11-25-17-18(26-12-10-24(7-3)8-4)22-16(14-20)15(13-19)21-17;;/h5-12H2,1-4H3;2*1H. The van der Waals surface area contributed by atoms with E-state index in [1.807, 2.05) is 12.1 Å². The zero-order valence-corrected chi connectivity index (χ0v) is 20.2. The fourth-order valence-corrected chi connectivity index (χ4v) is 4.46. The second-order valence-corrected chi connectivity index (χ2v) is 7.67. The van der Waals surface area contributed by atoms with Crippen molar-refractivity contribution in [3.05, 3.63) is 11.4 Å². The van der Waals surface area contributed by atoms with Gasteiger partial charge in [0.05, 0.1) is 0 Å². The molecule has 0 saturated carbocycles. The lowest BCUT2D eigenvalue weighted by molar-refractivity contribution is 0.323. The molecule has 0 spiro atoms. The minimum absolute atomic E-state index is 0. The van der Waals surface area contributed by atoms with Crippen LogP contribution in [0.5, 0.6) is 0 Å². The molecule has 28 heavy (non-hydrogen) atoms. The summed E-state index contributed by atoms with van der Waals surface area (Å²) in [5, 5.41) is 20.0. The third kappa shape index (κ3) is 9.65. The Labute approximate surface area is 190 Å². The number of hydrogen-bond acceptors (Lipinski definition) is 8. The SMILES string of the molecule is CCN(CC)CCSc1nc(C#N)c(C#N)nc1SCCN(CC)CC.Cl.Cl. The topological polar surface area (TPSA) is 79.8 Å². The van der Waals surface area contributed by atoms with Gasteiger partial charge in [0, 0.05) is 24.6 Å². The van der Waals surface area contributed by atoms with Gasteiger partial charge in [-0.3, -0.25) is 0 Å². The monoisotopic (exact) mass is 464 g/mol. The van der Waals surface area contributed by atoms with Gasteiger partial charge < -0.3 is 9.80 Å². The summed E-state index contributed by atoms with van der Waals surface area (Å²) in [5.41, 5.74) is 0.233. The van der Waals surface area contributed by atoms with Crippen LogP contribution in [0.4, 0.5) is 0 Å². The van der Waals surface area contributed by atoms with Crippen LogP contribution in [0.3, 0.4) is 0 Å². The molecule has 0 amide bonds. The van der Waals surface area contributed by atoms with Crippen molar-refractivity contribution < 1.29 is 0 Å². The summed E-state index contributed by atoms with van der Waals surface area (Å²) in [4.78, 5) is 13.5. The summed E-state index contributed by atoms with van der Waals surface area (Å²) in [7, 11) is 0. The van der Waals surface area contributed by atoms with Crippen molar-refractivity contribution in [1.29, 1.82) is 10.5 Å². The van der Waals surface area contributed by atoms with Gasteiger partial charge in [0.2, 0.25) is 0 Å². The number of nitriles is 2. The lowest BCUT2D eigenvalue weighted by Gasteiger charge is -2.18. The van der Waals surface area contributed by atoms with E-state index in [9.17, 15) is 10.5 Å². The number of rotatable bonds is 12. The Kier molecular flexibility index (Phi) is 18.0. The second-order valence-electron chi connectivity index (χ2n) is 5.51. The number of nitrogens with zero attached hydrogens (tertiary/aromatic N) is 6. The summed E-state index contributed by atoms with van der Waals surface area (Å²) >= 11 is 3.23. The molecule has 1 aromatic rings. The van der Waals surface area contributed by atoms with E-state index in [1.165, 1.54) is 0 Å². The van der Waals surface area contributed by atoms with E-state index in [0.717, 1.165) is 60.8 Å². The Morgan fingerprint density at radius 2 is 1.04 bits per heavy atom. The van der Waals surface area contributed by atoms with Gasteiger partial charge in [-0.25, -0.2) is 9.97 Å². The number of aromatic nitrogens is 2. The van der Waals surface area contributed by atoms with E-state index in [-0.39, 0.29) is 36.2 Å². The molecule has 0 aromatic carbocycles. The highest BCUT2D eigenvalue weighted by molar-refractivity contribution is 8.02. The summed E-state index contributed by atoms with van der Waals surface area (Å²) < 4.78 is 0. The zero-order valence-electron chi connectivity index (χ0n) is 17.0. The minimum Gasteiger partial charge on any atom is -0.303 e. The highest BCUT2D eigenvalue weighted by Crippen LogP contribution is 2.28. The molecule has 1 rings (SSSR count). The summed E-state index contributed by atoms with van der Waals surface area (Å²) in [5.74, 6) is 1.77. The first-order valence-corrected chi connectivity index (χ1v) is 11.0. The Morgan fingerprint density at radius 3 is 1.29 bits per heavy atom. The van der Waals surface area contributed by atoms with E-state index in [0.29, 0.717) is 0 Å². The van der Waals surface area contributed by atoms with Crippen LogP contribution in [-0.4, -0.2) is 70.5 Å². The molecule has 0 N–H and O–H groups in total. The van der Waals surface area contributed by atoms with Gasteiger partial charge in [0.25, 0.3) is 0 Å². The van der Waals surface area contributed by atoms with Crippen molar-refractivity contribution in [1.82, 2.24) is 19.8 Å². The third-order valence-electron chi connectivity index (χ3n) is 4.13. The van der Waals surface area contributed by atoms with Crippen molar-refractivity contribution >= 4 is 48.3 Å². The largest absolute Gasteiger partial charge is 0.303 e. The molecule has 0 fully saturated rings. The van der Waals surface area contributed by atoms with E-state index >= 15 is 0 Å². The van der Waals surface area contributed by atoms with E-state index in [1.54, 1.807) is 23.5 Å². The first-order chi connectivity index (χ1) is 12.6. The average molecular weight is 466 g/mol. The van der Waals surface area contributed by atoms with E-state index < -0.39 is 0 Å². The maximum atomic E-state index is 9.23. The summed E-state index contributed by atoms with van der Waals surface area (Å²) in [6.45, 7) is 14.6. The molecule has 0 atom stereocenters. The molecule has 0 aliphatic carbocycles. The molecule has 0 bridgehead atoms. The van der Waals surface area contributed by atoms with Crippen molar-refractivity contribution in [3.8, 4) is 12.1 Å². The number of hydrogen-bond donors (Lipinski definition) is 0. The highest BCUT2D eigenvalue weighted by Gasteiger charge is 2.15. The fraction of sp³-hybridized carbons (Fsp3) is 0.667. The molecule has 0 aliphatic rings. The van der Waals surface area contributed by atoms with Crippen LogP contribution >= 0.6 is 48.3 Å². The highest BCUT2D eigenvalue weighted by atomic mass is 35.5. The lowest BCUT2D eigenvalue weighted by Crippen LogP contribution is -2.25. The molecule has 0 radical (unpaired) electrons. The summed E-state index contributed by atoms with van der Waals surface area (Å²) in [6, 6.07) is 3.98. The third-order valence-corrected chi connectivity index (χ3v) is 6.15. The van der Waals surface area contributed by atoms with Crippen molar-refractivity contribution in [2.75, 3.05) is 50.8 Å². The number of thioether (sulfide) groups is 2. The molecule has 158 valence electrons. The van der Waals surface area contributed by atoms with Crippen molar-refractivity contribution in [2.24, 2.45) is 0 Å². The Morgan fingerprint density at radius 1 is 0.714 bits per heavy atom.